The fourth-order valence-electron chi connectivity index (χ4n) is 3.74. The number of carbonyl (C=O) groups excluding carboxylic acids is 2. The van der Waals surface area contributed by atoms with E-state index in [2.05, 4.69) is 5.32 Å². The monoisotopic (exact) mass is 410 g/mol. The Hall–Kier alpha value is -3.35. The van der Waals surface area contributed by atoms with Crippen LogP contribution in [0.3, 0.4) is 0 Å². The van der Waals surface area contributed by atoms with Gasteiger partial charge in [-0.15, -0.1) is 0 Å². The molecule has 0 radical (unpaired) electrons. The van der Waals surface area contributed by atoms with Crippen LogP contribution in [0.1, 0.15) is 46.0 Å². The highest BCUT2D eigenvalue weighted by atomic mass is 16.5. The highest BCUT2D eigenvalue weighted by Gasteiger charge is 2.29. The molecular formula is C23H26N2O5. The van der Waals surface area contributed by atoms with Gasteiger partial charge < -0.3 is 20.1 Å². The normalized spacial score (nSPS) is 16.1. The number of carboxylic acid groups (broad SMARTS) is 1. The van der Waals surface area contributed by atoms with Gasteiger partial charge in [0.15, 0.2) is 0 Å². The molecule has 1 fully saturated rings. The third kappa shape index (κ3) is 4.79. The number of amides is 1. The quantitative estimate of drug-likeness (QED) is 0.705. The standard InChI is InChI=1S/C23H26N2O5/c1-3-30-23(29)16-8-6-12-25(14-16)20-11-10-17(13-19(20)22(27)28)24-21(26)18-9-5-4-7-15(18)2/h4-5,7,9-11,13,16H,3,6,8,12,14H2,1-2H3,(H,24,26)(H,27,28)/t16-/m1/s1. The van der Waals surface area contributed by atoms with Gasteiger partial charge in [0.05, 0.1) is 23.8 Å². The summed E-state index contributed by atoms with van der Waals surface area (Å²) < 4.78 is 5.13. The molecule has 2 aromatic rings. The molecule has 30 heavy (non-hydrogen) atoms. The number of carboxylic acids is 1. The van der Waals surface area contributed by atoms with Crippen LogP contribution in [0.15, 0.2) is 42.5 Å². The van der Waals surface area contributed by atoms with Gasteiger partial charge in [-0.1, -0.05) is 18.2 Å². The van der Waals surface area contributed by atoms with Gasteiger partial charge in [-0.05, 0) is 56.5 Å². The summed E-state index contributed by atoms with van der Waals surface area (Å²) in [5, 5.41) is 12.5. The molecule has 1 aliphatic rings. The number of hydrogen-bond donors (Lipinski definition) is 2. The molecule has 0 aromatic heterocycles. The zero-order chi connectivity index (χ0) is 21.7. The van der Waals surface area contributed by atoms with Crippen LogP contribution in [0.4, 0.5) is 11.4 Å². The zero-order valence-corrected chi connectivity index (χ0v) is 17.2. The first-order chi connectivity index (χ1) is 14.4. The lowest BCUT2D eigenvalue weighted by molar-refractivity contribution is -0.148. The highest BCUT2D eigenvalue weighted by molar-refractivity contribution is 6.06. The first-order valence-corrected chi connectivity index (χ1v) is 10.1. The summed E-state index contributed by atoms with van der Waals surface area (Å²) in [6, 6.07) is 12.0. The number of esters is 1. The van der Waals surface area contributed by atoms with Crippen LogP contribution in [-0.4, -0.2) is 42.6 Å². The van der Waals surface area contributed by atoms with Crippen LogP contribution in [0.2, 0.25) is 0 Å². The topological polar surface area (TPSA) is 95.9 Å². The maximum atomic E-state index is 12.6. The predicted octanol–water partition coefficient (Wildman–Crippen LogP) is 3.73. The lowest BCUT2D eigenvalue weighted by Gasteiger charge is -2.34. The molecule has 0 spiro atoms. The summed E-state index contributed by atoms with van der Waals surface area (Å²) in [5.41, 5.74) is 2.39. The average Bonchev–Trinajstić information content (AvgIpc) is 2.74. The molecule has 0 saturated carbocycles. The van der Waals surface area contributed by atoms with Crippen molar-refractivity contribution in [1.82, 2.24) is 0 Å². The van der Waals surface area contributed by atoms with Gasteiger partial charge in [0.1, 0.15) is 0 Å². The van der Waals surface area contributed by atoms with Gasteiger partial charge in [0.2, 0.25) is 0 Å². The largest absolute Gasteiger partial charge is 0.478 e. The van der Waals surface area contributed by atoms with Crippen LogP contribution in [0, 0.1) is 12.8 Å². The van der Waals surface area contributed by atoms with Crippen LogP contribution in [0.5, 0.6) is 0 Å². The molecule has 2 N–H and O–H groups in total. The smallest absolute Gasteiger partial charge is 0.337 e. The number of nitrogens with one attached hydrogen (secondary N) is 1. The molecule has 1 saturated heterocycles. The van der Waals surface area contributed by atoms with E-state index in [9.17, 15) is 19.5 Å². The number of benzene rings is 2. The molecular weight excluding hydrogens is 384 g/mol. The molecule has 1 amide bonds. The summed E-state index contributed by atoms with van der Waals surface area (Å²) in [4.78, 5) is 38.5. The lowest BCUT2D eigenvalue weighted by atomic mass is 9.96. The number of rotatable bonds is 6. The summed E-state index contributed by atoms with van der Waals surface area (Å²) in [5.74, 6) is -1.91. The summed E-state index contributed by atoms with van der Waals surface area (Å²) in [6.07, 6.45) is 1.50. The van der Waals surface area contributed by atoms with E-state index < -0.39 is 5.97 Å². The second-order valence-electron chi connectivity index (χ2n) is 7.34. The molecule has 7 nitrogen and oxygen atoms in total. The van der Waals surface area contributed by atoms with Crippen molar-refractivity contribution in [1.29, 1.82) is 0 Å². The number of aromatic carboxylic acids is 1. The van der Waals surface area contributed by atoms with Crippen molar-refractivity contribution in [3.8, 4) is 0 Å². The zero-order valence-electron chi connectivity index (χ0n) is 17.2. The van der Waals surface area contributed by atoms with E-state index in [4.69, 9.17) is 4.74 Å². The van der Waals surface area contributed by atoms with Crippen LogP contribution >= 0.6 is 0 Å². The number of carbonyl (C=O) groups is 3. The second-order valence-corrected chi connectivity index (χ2v) is 7.34. The number of anilines is 2. The van der Waals surface area contributed by atoms with Crippen molar-refractivity contribution in [3.05, 3.63) is 59.2 Å². The first kappa shape index (κ1) is 21.4. The number of nitrogens with zero attached hydrogens (tertiary/aromatic N) is 1. The Kier molecular flexibility index (Phi) is 6.72. The molecule has 2 aromatic carbocycles. The van der Waals surface area contributed by atoms with E-state index in [0.29, 0.717) is 36.6 Å². The minimum absolute atomic E-state index is 0.0853. The molecule has 3 rings (SSSR count). The predicted molar refractivity (Wildman–Crippen MR) is 114 cm³/mol. The van der Waals surface area contributed by atoms with Gasteiger partial charge in [0, 0.05) is 24.3 Å². The maximum absolute atomic E-state index is 12.6. The Morgan fingerprint density at radius 1 is 1.17 bits per heavy atom. The number of ether oxygens (including phenoxy) is 1. The van der Waals surface area contributed by atoms with E-state index >= 15 is 0 Å². The van der Waals surface area contributed by atoms with Gasteiger partial charge >= 0.3 is 11.9 Å². The maximum Gasteiger partial charge on any atom is 0.337 e. The molecule has 1 atom stereocenters. The molecule has 0 bridgehead atoms. The molecule has 158 valence electrons. The molecule has 0 aliphatic carbocycles. The number of piperidine rings is 1. The Balaban J connectivity index is 1.82. The highest BCUT2D eigenvalue weighted by Crippen LogP contribution is 2.29. The fraction of sp³-hybridized carbons (Fsp3) is 0.348. The Bertz CT molecular complexity index is 956. The van der Waals surface area contributed by atoms with Crippen LogP contribution in [0.25, 0.3) is 0 Å². The molecule has 7 heteroatoms. The third-order valence-corrected chi connectivity index (χ3v) is 5.26. The van der Waals surface area contributed by atoms with E-state index in [-0.39, 0.29) is 23.4 Å². The van der Waals surface area contributed by atoms with Crippen molar-refractivity contribution in [2.45, 2.75) is 26.7 Å². The van der Waals surface area contributed by atoms with Gasteiger partial charge in [0.25, 0.3) is 5.91 Å². The minimum Gasteiger partial charge on any atom is -0.478 e. The Morgan fingerprint density at radius 2 is 1.93 bits per heavy atom. The first-order valence-electron chi connectivity index (χ1n) is 10.1. The van der Waals surface area contributed by atoms with Crippen LogP contribution < -0.4 is 10.2 Å². The van der Waals surface area contributed by atoms with Gasteiger partial charge in [-0.25, -0.2) is 4.79 Å². The van der Waals surface area contributed by atoms with Crippen molar-refractivity contribution >= 4 is 29.2 Å². The van der Waals surface area contributed by atoms with E-state index in [1.54, 1.807) is 31.2 Å². The van der Waals surface area contributed by atoms with E-state index in [1.807, 2.05) is 24.0 Å². The summed E-state index contributed by atoms with van der Waals surface area (Å²) in [6.45, 7) is 5.01. The summed E-state index contributed by atoms with van der Waals surface area (Å²) >= 11 is 0. The fourth-order valence-corrected chi connectivity index (χ4v) is 3.74. The van der Waals surface area contributed by atoms with E-state index in [1.165, 1.54) is 6.07 Å². The Morgan fingerprint density at radius 3 is 2.63 bits per heavy atom. The average molecular weight is 410 g/mol. The number of aryl methyl sites for hydroxylation is 1. The SMILES string of the molecule is CCOC(=O)[C@@H]1CCCN(c2ccc(NC(=O)c3ccccc3C)cc2C(=O)O)C1. The molecule has 0 unspecified atom stereocenters. The van der Waals surface area contributed by atoms with Gasteiger partial charge in [-0.3, -0.25) is 9.59 Å². The van der Waals surface area contributed by atoms with Crippen LogP contribution in [-0.2, 0) is 9.53 Å². The van der Waals surface area contributed by atoms with Crippen molar-refractivity contribution in [2.24, 2.45) is 5.92 Å². The third-order valence-electron chi connectivity index (χ3n) is 5.26. The van der Waals surface area contributed by atoms with Gasteiger partial charge in [-0.2, -0.15) is 0 Å². The summed E-state index contributed by atoms with van der Waals surface area (Å²) in [7, 11) is 0. The van der Waals surface area contributed by atoms with Crippen molar-refractivity contribution in [3.63, 3.8) is 0 Å². The molecule has 1 heterocycles. The van der Waals surface area contributed by atoms with Crippen molar-refractivity contribution in [2.75, 3.05) is 29.9 Å². The molecule has 1 aliphatic heterocycles. The minimum atomic E-state index is -1.09. The van der Waals surface area contributed by atoms with Crippen molar-refractivity contribution < 1.29 is 24.2 Å². The Labute approximate surface area is 175 Å². The lowest BCUT2D eigenvalue weighted by Crippen LogP contribution is -2.40. The number of hydrogen-bond acceptors (Lipinski definition) is 5. The second kappa shape index (κ2) is 9.43. The van der Waals surface area contributed by atoms with E-state index in [0.717, 1.165) is 18.4 Å².